The van der Waals surface area contributed by atoms with Crippen LogP contribution in [-0.4, -0.2) is 27.4 Å². The number of hydrogen-bond acceptors (Lipinski definition) is 4. The molecule has 3 rings (SSSR count). The van der Waals surface area contributed by atoms with Crippen molar-refractivity contribution in [3.63, 3.8) is 0 Å². The van der Waals surface area contributed by atoms with Crippen molar-refractivity contribution in [1.29, 1.82) is 0 Å². The zero-order chi connectivity index (χ0) is 21.0. The lowest BCUT2D eigenvalue weighted by molar-refractivity contribution is 0.108. The molecule has 6 nitrogen and oxygen atoms in total. The molecule has 2 N–H and O–H groups in total. The van der Waals surface area contributed by atoms with Crippen LogP contribution in [0.25, 0.3) is 11.0 Å². The van der Waals surface area contributed by atoms with Gasteiger partial charge in [0.2, 0.25) is 0 Å². The minimum absolute atomic E-state index is 0.0818. The van der Waals surface area contributed by atoms with Crippen molar-refractivity contribution in [2.45, 2.75) is 32.9 Å². The minimum Gasteiger partial charge on any atom is -0.491 e. The molecule has 0 amide bonds. The Labute approximate surface area is 171 Å². The normalized spacial score (nSPS) is 12.6. The van der Waals surface area contributed by atoms with Gasteiger partial charge in [-0.2, -0.15) is 0 Å². The first-order valence-electron chi connectivity index (χ1n) is 10.1. The Hall–Kier alpha value is -2.57. The summed E-state index contributed by atoms with van der Waals surface area (Å²) in [5.41, 5.74) is 3.48. The van der Waals surface area contributed by atoms with E-state index >= 15 is 0 Å². The molecule has 0 radical (unpaired) electrons. The van der Waals surface area contributed by atoms with Crippen LogP contribution in [0.2, 0.25) is 0 Å². The number of aromatic nitrogens is 2. The number of aliphatic hydroxyl groups is 1. The molecule has 156 valence electrons. The van der Waals surface area contributed by atoms with E-state index in [1.165, 1.54) is 12.0 Å². The Morgan fingerprint density at radius 1 is 1.03 bits per heavy atom. The molecule has 29 heavy (non-hydrogen) atoms. The second-order valence-electron chi connectivity index (χ2n) is 7.98. The van der Waals surface area contributed by atoms with Gasteiger partial charge >= 0.3 is 5.69 Å². The van der Waals surface area contributed by atoms with E-state index in [0.29, 0.717) is 5.92 Å². The van der Waals surface area contributed by atoms with Crippen LogP contribution in [0, 0.1) is 5.92 Å². The van der Waals surface area contributed by atoms with Gasteiger partial charge in [-0.15, -0.1) is 0 Å². The Morgan fingerprint density at radius 2 is 1.72 bits per heavy atom. The van der Waals surface area contributed by atoms with E-state index in [9.17, 15) is 9.90 Å². The number of hydrogen-bond donors (Lipinski definition) is 2. The first-order chi connectivity index (χ1) is 13.9. The van der Waals surface area contributed by atoms with Gasteiger partial charge in [0.1, 0.15) is 18.5 Å². The van der Waals surface area contributed by atoms with Gasteiger partial charge in [-0.1, -0.05) is 32.0 Å². The quantitative estimate of drug-likeness (QED) is 0.545. The van der Waals surface area contributed by atoms with Crippen molar-refractivity contribution in [2.75, 3.05) is 13.2 Å². The Morgan fingerprint density at radius 3 is 2.41 bits per heavy atom. The van der Waals surface area contributed by atoms with Crippen molar-refractivity contribution < 1.29 is 9.84 Å². The molecule has 6 heteroatoms. The largest absolute Gasteiger partial charge is 0.491 e. The molecule has 0 saturated heterocycles. The molecule has 0 fully saturated rings. The first kappa shape index (κ1) is 21.1. The molecule has 0 aliphatic heterocycles. The predicted octanol–water partition coefficient (Wildman–Crippen LogP) is 3.13. The van der Waals surface area contributed by atoms with Gasteiger partial charge in [0, 0.05) is 20.6 Å². The fraction of sp³-hybridized carbons (Fsp3) is 0.435. The number of aryl methyl sites for hydroxylation is 2. The fourth-order valence-electron chi connectivity index (χ4n) is 3.33. The van der Waals surface area contributed by atoms with E-state index in [2.05, 4.69) is 19.2 Å². The second-order valence-corrected chi connectivity index (χ2v) is 7.98. The lowest BCUT2D eigenvalue weighted by atomic mass is 10.1. The first-order valence-corrected chi connectivity index (χ1v) is 10.1. The van der Waals surface area contributed by atoms with Crippen LogP contribution in [0.1, 0.15) is 37.5 Å². The van der Waals surface area contributed by atoms with Gasteiger partial charge in [0.25, 0.3) is 0 Å². The molecule has 1 atom stereocenters. The van der Waals surface area contributed by atoms with E-state index in [1.54, 1.807) is 23.2 Å². The molecule has 0 bridgehead atoms. The van der Waals surface area contributed by atoms with Crippen LogP contribution in [0.5, 0.6) is 5.75 Å². The van der Waals surface area contributed by atoms with Crippen LogP contribution in [0.15, 0.2) is 47.3 Å². The van der Waals surface area contributed by atoms with Crippen LogP contribution in [0.3, 0.4) is 0 Å². The number of rotatable bonds is 9. The SMILES string of the molecule is CC(C)CCNCc1ccc(OC[C@H](O)c2ccc3c(c2)n(C)c(=O)n3C)cc1. The standard InChI is InChI=1S/C23H31N3O3/c1-16(2)11-12-24-14-17-5-8-19(9-6-17)29-15-22(27)18-7-10-20-21(13-18)26(4)23(28)25(20)3/h5-10,13,16,22,24,27H,11-12,14-15H2,1-4H3/t22-/m0/s1. The number of fused-ring (bicyclic) bond motifs is 1. The van der Waals surface area contributed by atoms with Crippen LogP contribution >= 0.6 is 0 Å². The third-order valence-corrected chi connectivity index (χ3v) is 5.24. The van der Waals surface area contributed by atoms with Crippen LogP contribution in [-0.2, 0) is 20.6 Å². The summed E-state index contributed by atoms with van der Waals surface area (Å²) in [5, 5.41) is 14.0. The monoisotopic (exact) mass is 397 g/mol. The van der Waals surface area contributed by atoms with E-state index in [0.717, 1.165) is 35.4 Å². The van der Waals surface area contributed by atoms with Gasteiger partial charge in [0.15, 0.2) is 0 Å². The Balaban J connectivity index is 1.56. The maximum atomic E-state index is 12.1. The van der Waals surface area contributed by atoms with Gasteiger partial charge in [-0.3, -0.25) is 9.13 Å². The Kier molecular flexibility index (Phi) is 6.77. The van der Waals surface area contributed by atoms with Crippen molar-refractivity contribution in [3.8, 4) is 5.75 Å². The lowest BCUT2D eigenvalue weighted by Crippen LogP contribution is -2.19. The molecule has 1 aromatic heterocycles. The summed E-state index contributed by atoms with van der Waals surface area (Å²) >= 11 is 0. The van der Waals surface area contributed by atoms with Gasteiger partial charge in [0.05, 0.1) is 11.0 Å². The number of nitrogens with one attached hydrogen (secondary N) is 1. The summed E-state index contributed by atoms with van der Waals surface area (Å²) in [6.07, 6.45) is 0.397. The maximum Gasteiger partial charge on any atom is 0.328 e. The molecule has 3 aromatic rings. The lowest BCUT2D eigenvalue weighted by Gasteiger charge is -2.14. The topological polar surface area (TPSA) is 68.4 Å². The minimum atomic E-state index is -0.771. The van der Waals surface area contributed by atoms with E-state index < -0.39 is 6.10 Å². The summed E-state index contributed by atoms with van der Waals surface area (Å²) in [5.74, 6) is 1.43. The smallest absolute Gasteiger partial charge is 0.328 e. The Bertz CT molecular complexity index is 1000. The number of nitrogens with zero attached hydrogens (tertiary/aromatic N) is 2. The van der Waals surface area contributed by atoms with Crippen LogP contribution in [0.4, 0.5) is 0 Å². The summed E-state index contributed by atoms with van der Waals surface area (Å²) in [4.78, 5) is 12.1. The summed E-state index contributed by atoms with van der Waals surface area (Å²) < 4.78 is 8.94. The number of aliphatic hydroxyl groups excluding tert-OH is 1. The molecular weight excluding hydrogens is 366 g/mol. The fourth-order valence-corrected chi connectivity index (χ4v) is 3.33. The summed E-state index contributed by atoms with van der Waals surface area (Å²) in [7, 11) is 3.48. The average molecular weight is 398 g/mol. The number of imidazole rings is 1. The molecule has 2 aromatic carbocycles. The molecular formula is C23H31N3O3. The van der Waals surface area contributed by atoms with Crippen molar-refractivity contribution in [3.05, 3.63) is 64.1 Å². The molecule has 0 aliphatic carbocycles. The van der Waals surface area contributed by atoms with Crippen molar-refractivity contribution in [2.24, 2.45) is 20.0 Å². The summed E-state index contributed by atoms with van der Waals surface area (Å²) in [6.45, 7) is 6.45. The second kappa shape index (κ2) is 9.29. The zero-order valence-corrected chi connectivity index (χ0v) is 17.7. The van der Waals surface area contributed by atoms with Gasteiger partial charge < -0.3 is 15.2 Å². The molecule has 0 spiro atoms. The average Bonchev–Trinajstić information content (AvgIpc) is 2.94. The van der Waals surface area contributed by atoms with Gasteiger partial charge in [-0.25, -0.2) is 4.79 Å². The third-order valence-electron chi connectivity index (χ3n) is 5.24. The van der Waals surface area contributed by atoms with E-state index in [1.807, 2.05) is 42.5 Å². The number of benzene rings is 2. The van der Waals surface area contributed by atoms with E-state index in [-0.39, 0.29) is 12.3 Å². The molecule has 0 aliphatic rings. The molecule has 1 heterocycles. The molecule has 0 unspecified atom stereocenters. The van der Waals surface area contributed by atoms with E-state index in [4.69, 9.17) is 4.74 Å². The van der Waals surface area contributed by atoms with Crippen molar-refractivity contribution >= 4 is 11.0 Å². The molecule has 0 saturated carbocycles. The van der Waals surface area contributed by atoms with Crippen LogP contribution < -0.4 is 15.7 Å². The van der Waals surface area contributed by atoms with Gasteiger partial charge in [-0.05, 0) is 54.3 Å². The van der Waals surface area contributed by atoms with Crippen molar-refractivity contribution in [1.82, 2.24) is 14.5 Å². The summed E-state index contributed by atoms with van der Waals surface area (Å²) in [6, 6.07) is 13.5. The highest BCUT2D eigenvalue weighted by Crippen LogP contribution is 2.21. The maximum absolute atomic E-state index is 12.1. The number of ether oxygens (including phenoxy) is 1. The third kappa shape index (κ3) is 5.08. The predicted molar refractivity (Wildman–Crippen MR) is 116 cm³/mol. The highest BCUT2D eigenvalue weighted by atomic mass is 16.5. The zero-order valence-electron chi connectivity index (χ0n) is 17.7. The highest BCUT2D eigenvalue weighted by molar-refractivity contribution is 5.76. The highest BCUT2D eigenvalue weighted by Gasteiger charge is 2.13.